The number of sulfone groups is 2. The number of hydrogen-bond donors (Lipinski definition) is 0. The summed E-state index contributed by atoms with van der Waals surface area (Å²) in [6, 6.07) is 36.1. The third-order valence-electron chi connectivity index (χ3n) is 6.89. The summed E-state index contributed by atoms with van der Waals surface area (Å²) in [5, 5.41) is 0. The first-order chi connectivity index (χ1) is 23.1. The lowest BCUT2D eigenvalue weighted by atomic mass is 10.3. The van der Waals surface area contributed by atoms with Gasteiger partial charge < -0.3 is 9.47 Å². The molecular formula is C36H24F2O6S4. The van der Waals surface area contributed by atoms with Gasteiger partial charge in [0.05, 0.1) is 29.4 Å². The maximum absolute atomic E-state index is 13.3. The lowest BCUT2D eigenvalue weighted by Gasteiger charge is -2.13. The van der Waals surface area contributed by atoms with E-state index in [9.17, 15) is 25.6 Å². The number of ether oxygens (including phenoxy) is 2. The molecule has 0 amide bonds. The van der Waals surface area contributed by atoms with E-state index >= 15 is 0 Å². The van der Waals surface area contributed by atoms with E-state index in [1.165, 1.54) is 70.1 Å². The molecule has 48 heavy (non-hydrogen) atoms. The van der Waals surface area contributed by atoms with E-state index < -0.39 is 31.3 Å². The van der Waals surface area contributed by atoms with Gasteiger partial charge in [-0.15, -0.1) is 0 Å². The van der Waals surface area contributed by atoms with E-state index in [1.54, 1.807) is 36.4 Å². The molecule has 0 saturated heterocycles. The zero-order valence-electron chi connectivity index (χ0n) is 24.7. The third kappa shape index (κ3) is 7.57. The van der Waals surface area contributed by atoms with Crippen LogP contribution in [0.3, 0.4) is 0 Å². The fourth-order valence-corrected chi connectivity index (χ4v) is 9.14. The van der Waals surface area contributed by atoms with Gasteiger partial charge in [0.2, 0.25) is 19.7 Å². The monoisotopic (exact) mass is 718 g/mol. The Kier molecular flexibility index (Phi) is 9.88. The Balaban J connectivity index is 1.13. The fraction of sp³-hybridized carbons (Fsp3) is 0. The number of rotatable bonds is 11. The molecule has 0 aliphatic rings. The van der Waals surface area contributed by atoms with Crippen molar-refractivity contribution in [2.75, 3.05) is 0 Å². The van der Waals surface area contributed by atoms with E-state index in [-0.39, 0.29) is 19.6 Å². The van der Waals surface area contributed by atoms with E-state index in [0.717, 1.165) is 34.1 Å². The summed E-state index contributed by atoms with van der Waals surface area (Å²) < 4.78 is 90.5. The summed E-state index contributed by atoms with van der Waals surface area (Å²) in [4.78, 5) is 1.70. The van der Waals surface area contributed by atoms with E-state index in [0.29, 0.717) is 23.0 Å². The summed E-state index contributed by atoms with van der Waals surface area (Å²) in [6.45, 7) is 0. The average molecular weight is 719 g/mol. The van der Waals surface area contributed by atoms with Gasteiger partial charge in [0.15, 0.2) is 0 Å². The highest BCUT2D eigenvalue weighted by atomic mass is 33.1. The van der Waals surface area contributed by atoms with Crippen LogP contribution in [0.2, 0.25) is 0 Å². The van der Waals surface area contributed by atoms with Crippen molar-refractivity contribution in [2.24, 2.45) is 0 Å². The molecule has 0 unspecified atom stereocenters. The molecular weight excluding hydrogens is 695 g/mol. The molecule has 0 atom stereocenters. The summed E-state index contributed by atoms with van der Waals surface area (Å²) in [6.07, 6.45) is 0. The van der Waals surface area contributed by atoms with E-state index in [4.69, 9.17) is 9.47 Å². The summed E-state index contributed by atoms with van der Waals surface area (Å²) in [7, 11) is -4.77. The predicted octanol–water partition coefficient (Wildman–Crippen LogP) is 10.0. The van der Waals surface area contributed by atoms with Gasteiger partial charge in [0, 0.05) is 0 Å². The number of halogens is 2. The molecule has 6 nitrogen and oxygen atoms in total. The van der Waals surface area contributed by atoms with Gasteiger partial charge >= 0.3 is 0 Å². The van der Waals surface area contributed by atoms with Crippen LogP contribution in [0.15, 0.2) is 175 Å². The topological polar surface area (TPSA) is 86.7 Å². The minimum Gasteiger partial charge on any atom is -0.456 e. The lowest BCUT2D eigenvalue weighted by Crippen LogP contribution is -2.02. The summed E-state index contributed by atoms with van der Waals surface area (Å²) in [5.74, 6) is 0.933. The van der Waals surface area contributed by atoms with Gasteiger partial charge in [-0.25, -0.2) is 25.6 Å². The smallest absolute Gasteiger partial charge is 0.206 e. The molecule has 0 heterocycles. The first-order valence-electron chi connectivity index (χ1n) is 14.2. The zero-order valence-corrected chi connectivity index (χ0v) is 28.0. The largest absolute Gasteiger partial charge is 0.456 e. The zero-order chi connectivity index (χ0) is 33.7. The van der Waals surface area contributed by atoms with Gasteiger partial charge in [-0.1, -0.05) is 24.3 Å². The van der Waals surface area contributed by atoms with Crippen LogP contribution < -0.4 is 9.47 Å². The molecule has 0 spiro atoms. The maximum atomic E-state index is 13.3. The molecule has 6 aromatic carbocycles. The molecule has 0 aromatic heterocycles. The molecule has 0 saturated carbocycles. The Bertz CT molecular complexity index is 2100. The van der Waals surface area contributed by atoms with Gasteiger partial charge in [-0.3, -0.25) is 0 Å². The van der Waals surface area contributed by atoms with Crippen LogP contribution in [0.5, 0.6) is 23.0 Å². The van der Waals surface area contributed by atoms with Crippen molar-refractivity contribution < 1.29 is 35.1 Å². The SMILES string of the molecule is O=S(=O)(c1ccc(F)cc1)c1ccc(Oc2ccccc2SSc2ccccc2Oc2ccc(S(=O)(=O)c3ccc(F)cc3)cc2)cc1. The Morgan fingerprint density at radius 1 is 0.396 bits per heavy atom. The van der Waals surface area contributed by atoms with Crippen molar-refractivity contribution >= 4 is 41.3 Å². The molecule has 0 bridgehead atoms. The fourth-order valence-electron chi connectivity index (χ4n) is 4.42. The van der Waals surface area contributed by atoms with Crippen molar-refractivity contribution in [3.8, 4) is 23.0 Å². The molecule has 242 valence electrons. The first kappa shape index (κ1) is 33.3. The van der Waals surface area contributed by atoms with Gasteiger partial charge in [-0.05, 0) is 143 Å². The van der Waals surface area contributed by atoms with Crippen molar-refractivity contribution in [3.05, 3.63) is 157 Å². The highest BCUT2D eigenvalue weighted by Crippen LogP contribution is 2.46. The van der Waals surface area contributed by atoms with E-state index in [1.807, 2.05) is 36.4 Å². The molecule has 6 rings (SSSR count). The Hall–Kier alpha value is -4.62. The number of hydrogen-bond acceptors (Lipinski definition) is 8. The van der Waals surface area contributed by atoms with E-state index in [2.05, 4.69) is 0 Å². The van der Waals surface area contributed by atoms with Crippen LogP contribution in [0.25, 0.3) is 0 Å². The normalized spacial score (nSPS) is 11.6. The van der Waals surface area contributed by atoms with Gasteiger partial charge in [-0.2, -0.15) is 0 Å². The Labute approximate surface area is 284 Å². The van der Waals surface area contributed by atoms with Crippen LogP contribution in [-0.2, 0) is 19.7 Å². The maximum Gasteiger partial charge on any atom is 0.206 e. The van der Waals surface area contributed by atoms with Gasteiger partial charge in [0.1, 0.15) is 34.6 Å². The minimum absolute atomic E-state index is 0.00702. The molecule has 12 heteroatoms. The Morgan fingerprint density at radius 2 is 0.688 bits per heavy atom. The third-order valence-corrected chi connectivity index (χ3v) is 12.9. The first-order valence-corrected chi connectivity index (χ1v) is 19.3. The highest BCUT2D eigenvalue weighted by Gasteiger charge is 2.19. The van der Waals surface area contributed by atoms with Crippen LogP contribution >= 0.6 is 21.6 Å². The number of para-hydroxylation sites is 2. The molecule has 0 fully saturated rings. The van der Waals surface area contributed by atoms with Crippen LogP contribution in [0.4, 0.5) is 8.78 Å². The van der Waals surface area contributed by atoms with Crippen molar-refractivity contribution in [1.82, 2.24) is 0 Å². The van der Waals surface area contributed by atoms with Crippen molar-refractivity contribution in [2.45, 2.75) is 29.4 Å². The molecule has 6 aromatic rings. The highest BCUT2D eigenvalue weighted by molar-refractivity contribution is 8.76. The second kappa shape index (κ2) is 14.2. The van der Waals surface area contributed by atoms with Crippen LogP contribution in [0, 0.1) is 11.6 Å². The molecule has 0 N–H and O–H groups in total. The van der Waals surface area contributed by atoms with Crippen molar-refractivity contribution in [3.63, 3.8) is 0 Å². The predicted molar refractivity (Wildman–Crippen MR) is 181 cm³/mol. The lowest BCUT2D eigenvalue weighted by molar-refractivity contribution is 0.470. The Morgan fingerprint density at radius 3 is 1.02 bits per heavy atom. The summed E-state index contributed by atoms with van der Waals surface area (Å²) >= 11 is 0. The summed E-state index contributed by atoms with van der Waals surface area (Å²) in [5.41, 5.74) is 0. The second-order valence-electron chi connectivity index (χ2n) is 10.1. The second-order valence-corrected chi connectivity index (χ2v) is 16.2. The standard InChI is InChI=1S/C36H24F2O6S4/c37-25-9-17-29(18-10-25)47(39,40)31-21-13-27(14-22-31)43-33-5-1-3-7-35(33)45-46-36-8-4-2-6-34(36)44-28-15-23-32(24-16-28)48(41,42)30-19-11-26(38)12-20-30/h1-24H. The molecule has 0 aliphatic heterocycles. The quantitative estimate of drug-likeness (QED) is 0.0967. The van der Waals surface area contributed by atoms with Crippen molar-refractivity contribution in [1.29, 1.82) is 0 Å². The minimum atomic E-state index is -3.82. The molecule has 0 aliphatic carbocycles. The molecule has 0 radical (unpaired) electrons. The van der Waals surface area contributed by atoms with Crippen LogP contribution in [0.1, 0.15) is 0 Å². The van der Waals surface area contributed by atoms with Crippen LogP contribution in [-0.4, -0.2) is 16.8 Å². The van der Waals surface area contributed by atoms with Gasteiger partial charge in [0.25, 0.3) is 0 Å². The average Bonchev–Trinajstić information content (AvgIpc) is 3.09. The number of benzene rings is 6.